The van der Waals surface area contributed by atoms with Crippen molar-refractivity contribution in [3.05, 3.63) is 0 Å². The number of ether oxygens (including phenoxy) is 1. The molecule has 0 amide bonds. The molecule has 1 fully saturated rings. The fraction of sp³-hybridized carbons (Fsp3) is 1.00. The molecule has 1 saturated carbocycles. The molecule has 3 unspecified atom stereocenters. The summed E-state index contributed by atoms with van der Waals surface area (Å²) in [6.45, 7) is 6.20. The van der Waals surface area contributed by atoms with E-state index in [4.69, 9.17) is 10.5 Å². The molecule has 0 bridgehead atoms. The van der Waals surface area contributed by atoms with Crippen LogP contribution in [0.1, 0.15) is 52.4 Å². The highest BCUT2D eigenvalue weighted by molar-refractivity contribution is 4.82. The highest BCUT2D eigenvalue weighted by Crippen LogP contribution is 2.31. The van der Waals surface area contributed by atoms with Crippen LogP contribution in [-0.2, 0) is 4.74 Å². The predicted octanol–water partition coefficient (Wildman–Crippen LogP) is 2.96. The third-order valence-corrected chi connectivity index (χ3v) is 3.53. The average Bonchev–Trinajstić information content (AvgIpc) is 2.23. The van der Waals surface area contributed by atoms with Gasteiger partial charge in [-0.15, -0.1) is 0 Å². The van der Waals surface area contributed by atoms with Crippen molar-refractivity contribution in [2.75, 3.05) is 13.2 Å². The molecule has 0 aromatic heterocycles. The monoisotopic (exact) mass is 213 g/mol. The molecule has 0 radical (unpaired) electrons. The third-order valence-electron chi connectivity index (χ3n) is 3.53. The van der Waals surface area contributed by atoms with E-state index in [0.29, 0.717) is 12.0 Å². The van der Waals surface area contributed by atoms with E-state index in [9.17, 15) is 0 Å². The van der Waals surface area contributed by atoms with Gasteiger partial charge in [0.1, 0.15) is 0 Å². The van der Waals surface area contributed by atoms with Gasteiger partial charge in [0.25, 0.3) is 0 Å². The summed E-state index contributed by atoms with van der Waals surface area (Å²) in [6, 6.07) is 0.384. The fourth-order valence-corrected chi connectivity index (χ4v) is 2.63. The van der Waals surface area contributed by atoms with Gasteiger partial charge >= 0.3 is 0 Å². The molecule has 2 N–H and O–H groups in total. The van der Waals surface area contributed by atoms with Gasteiger partial charge < -0.3 is 10.5 Å². The van der Waals surface area contributed by atoms with Crippen LogP contribution in [-0.4, -0.2) is 19.3 Å². The summed E-state index contributed by atoms with van der Waals surface area (Å²) in [6.07, 6.45) is 7.61. The van der Waals surface area contributed by atoms with Gasteiger partial charge in [0, 0.05) is 12.6 Å². The Bertz CT molecular complexity index is 161. The highest BCUT2D eigenvalue weighted by Gasteiger charge is 2.27. The summed E-state index contributed by atoms with van der Waals surface area (Å²) < 4.78 is 5.64. The molecular weight excluding hydrogens is 186 g/mol. The van der Waals surface area contributed by atoms with E-state index in [1.54, 1.807) is 0 Å². The Kier molecular flexibility index (Phi) is 6.26. The van der Waals surface area contributed by atoms with Gasteiger partial charge in [0.05, 0.1) is 6.61 Å². The summed E-state index contributed by atoms with van der Waals surface area (Å²) in [5, 5.41) is 0. The second-order valence-electron chi connectivity index (χ2n) is 4.97. The lowest BCUT2D eigenvalue weighted by molar-refractivity contribution is 0.0640. The quantitative estimate of drug-likeness (QED) is 0.688. The topological polar surface area (TPSA) is 35.2 Å². The van der Waals surface area contributed by atoms with Gasteiger partial charge in [-0.1, -0.05) is 26.7 Å². The molecule has 2 heteroatoms. The van der Waals surface area contributed by atoms with Crippen LogP contribution in [0.25, 0.3) is 0 Å². The number of hydrogen-bond acceptors (Lipinski definition) is 2. The zero-order valence-electron chi connectivity index (χ0n) is 10.4. The third kappa shape index (κ3) is 4.52. The normalized spacial score (nSPS) is 31.8. The van der Waals surface area contributed by atoms with Crippen LogP contribution in [0.4, 0.5) is 0 Å². The van der Waals surface area contributed by atoms with Crippen molar-refractivity contribution in [1.29, 1.82) is 0 Å². The zero-order chi connectivity index (χ0) is 11.1. The second kappa shape index (κ2) is 7.24. The Labute approximate surface area is 94.6 Å². The molecule has 1 rings (SSSR count). The Hall–Kier alpha value is -0.0800. The van der Waals surface area contributed by atoms with Gasteiger partial charge in [-0.2, -0.15) is 0 Å². The molecule has 0 aliphatic heterocycles. The molecule has 1 aliphatic rings. The molecular formula is C13H27NO. The molecule has 1 aliphatic carbocycles. The summed E-state index contributed by atoms with van der Waals surface area (Å²) in [5.74, 6) is 1.52. The van der Waals surface area contributed by atoms with Crippen molar-refractivity contribution in [3.63, 3.8) is 0 Å². The van der Waals surface area contributed by atoms with E-state index >= 15 is 0 Å². The Morgan fingerprint density at radius 3 is 2.67 bits per heavy atom. The van der Waals surface area contributed by atoms with Crippen LogP contribution in [0, 0.1) is 11.8 Å². The minimum Gasteiger partial charge on any atom is -0.381 e. The van der Waals surface area contributed by atoms with Gasteiger partial charge in [0.15, 0.2) is 0 Å². The molecule has 0 aromatic carbocycles. The molecule has 15 heavy (non-hydrogen) atoms. The summed E-state index contributed by atoms with van der Waals surface area (Å²) >= 11 is 0. The number of hydrogen-bond donors (Lipinski definition) is 1. The lowest BCUT2D eigenvalue weighted by Crippen LogP contribution is -2.38. The first-order valence-electron chi connectivity index (χ1n) is 6.61. The molecule has 0 saturated heterocycles. The second-order valence-corrected chi connectivity index (χ2v) is 4.97. The average molecular weight is 213 g/mol. The fourth-order valence-electron chi connectivity index (χ4n) is 2.63. The van der Waals surface area contributed by atoms with E-state index in [1.165, 1.54) is 32.1 Å². The van der Waals surface area contributed by atoms with E-state index in [0.717, 1.165) is 25.6 Å². The van der Waals surface area contributed by atoms with Crippen LogP contribution in [0.2, 0.25) is 0 Å². The van der Waals surface area contributed by atoms with Crippen LogP contribution < -0.4 is 5.73 Å². The van der Waals surface area contributed by atoms with Crippen LogP contribution >= 0.6 is 0 Å². The smallest absolute Gasteiger partial charge is 0.0509 e. The highest BCUT2D eigenvalue weighted by atomic mass is 16.5. The molecule has 3 atom stereocenters. The molecule has 0 aromatic rings. The van der Waals surface area contributed by atoms with E-state index in [2.05, 4.69) is 13.8 Å². The van der Waals surface area contributed by atoms with E-state index in [-0.39, 0.29) is 0 Å². The van der Waals surface area contributed by atoms with E-state index < -0.39 is 0 Å². The van der Waals surface area contributed by atoms with Crippen molar-refractivity contribution >= 4 is 0 Å². The van der Waals surface area contributed by atoms with Crippen molar-refractivity contribution in [2.24, 2.45) is 17.6 Å². The van der Waals surface area contributed by atoms with Gasteiger partial charge in [-0.25, -0.2) is 0 Å². The molecule has 0 spiro atoms. The number of rotatable bonds is 6. The summed E-state index contributed by atoms with van der Waals surface area (Å²) in [4.78, 5) is 0. The first kappa shape index (κ1) is 13.0. The first-order chi connectivity index (χ1) is 7.27. The maximum atomic E-state index is 6.14. The van der Waals surface area contributed by atoms with E-state index in [1.807, 2.05) is 0 Å². The summed E-state index contributed by atoms with van der Waals surface area (Å²) in [7, 11) is 0. The maximum absolute atomic E-state index is 6.14. The Balaban J connectivity index is 2.26. The SMILES string of the molecule is CCCOCC1CC(CCC)CCC1N. The zero-order valence-corrected chi connectivity index (χ0v) is 10.4. The Morgan fingerprint density at radius 2 is 2.00 bits per heavy atom. The minimum atomic E-state index is 0.384. The predicted molar refractivity (Wildman–Crippen MR) is 64.8 cm³/mol. The summed E-state index contributed by atoms with van der Waals surface area (Å²) in [5.41, 5.74) is 6.14. The lowest BCUT2D eigenvalue weighted by Gasteiger charge is -2.33. The Morgan fingerprint density at radius 1 is 1.20 bits per heavy atom. The lowest BCUT2D eigenvalue weighted by atomic mass is 9.77. The number of nitrogens with two attached hydrogens (primary N) is 1. The van der Waals surface area contributed by atoms with Crippen LogP contribution in [0.15, 0.2) is 0 Å². The van der Waals surface area contributed by atoms with Crippen molar-refractivity contribution in [3.8, 4) is 0 Å². The maximum Gasteiger partial charge on any atom is 0.0509 e. The van der Waals surface area contributed by atoms with Crippen molar-refractivity contribution in [1.82, 2.24) is 0 Å². The molecule has 0 heterocycles. The van der Waals surface area contributed by atoms with Gasteiger partial charge in [-0.05, 0) is 37.5 Å². The van der Waals surface area contributed by atoms with Crippen molar-refractivity contribution in [2.45, 2.75) is 58.4 Å². The van der Waals surface area contributed by atoms with Crippen molar-refractivity contribution < 1.29 is 4.74 Å². The molecule has 90 valence electrons. The molecule has 2 nitrogen and oxygen atoms in total. The van der Waals surface area contributed by atoms with Gasteiger partial charge in [-0.3, -0.25) is 0 Å². The van der Waals surface area contributed by atoms with Crippen LogP contribution in [0.3, 0.4) is 0 Å². The standard InChI is InChI=1S/C13H27NO/c1-3-5-11-6-7-13(14)12(9-11)10-15-8-4-2/h11-13H,3-10,14H2,1-2H3. The minimum absolute atomic E-state index is 0.384. The first-order valence-corrected chi connectivity index (χ1v) is 6.61. The van der Waals surface area contributed by atoms with Gasteiger partial charge in [0.2, 0.25) is 0 Å². The van der Waals surface area contributed by atoms with Crippen LogP contribution in [0.5, 0.6) is 0 Å². The largest absolute Gasteiger partial charge is 0.381 e.